The van der Waals surface area contributed by atoms with Gasteiger partial charge >= 0.3 is 0 Å². The lowest BCUT2D eigenvalue weighted by Gasteiger charge is -1.97. The zero-order valence-electron chi connectivity index (χ0n) is 5.61. The van der Waals surface area contributed by atoms with Gasteiger partial charge in [-0.3, -0.25) is 0 Å². The minimum atomic E-state index is -0.116. The average Bonchev–Trinajstić information content (AvgIpc) is 1.83. The van der Waals surface area contributed by atoms with Crippen molar-refractivity contribution in [2.45, 2.75) is 13.8 Å². The van der Waals surface area contributed by atoms with E-state index in [2.05, 4.69) is 0 Å². The van der Waals surface area contributed by atoms with E-state index in [9.17, 15) is 4.39 Å². The second-order valence-corrected chi connectivity index (χ2v) is 2.18. The summed E-state index contributed by atoms with van der Waals surface area (Å²) in [6.07, 6.45) is 0. The number of hydrogen-bond donors (Lipinski definition) is 0. The Balaban J connectivity index is 3.25. The standard InChI is InChI=1S/C8H9F/c1-6-4-3-5-8(9)7(6)2/h3-5H,1-2H3. The lowest BCUT2D eigenvalue weighted by atomic mass is 10.1. The number of rotatable bonds is 0. The van der Waals surface area contributed by atoms with Crippen LogP contribution in [0.5, 0.6) is 0 Å². The first-order valence-corrected chi connectivity index (χ1v) is 2.93. The van der Waals surface area contributed by atoms with Crippen LogP contribution in [0.1, 0.15) is 11.1 Å². The predicted molar refractivity (Wildman–Crippen MR) is 35.9 cm³/mol. The van der Waals surface area contributed by atoms with Crippen molar-refractivity contribution in [3.63, 3.8) is 0 Å². The maximum absolute atomic E-state index is 12.6. The van der Waals surface area contributed by atoms with Crippen molar-refractivity contribution in [3.05, 3.63) is 35.1 Å². The zero-order chi connectivity index (χ0) is 6.85. The maximum atomic E-state index is 12.6. The van der Waals surface area contributed by atoms with E-state index >= 15 is 0 Å². The van der Waals surface area contributed by atoms with Crippen LogP contribution in [0.2, 0.25) is 0 Å². The Morgan fingerprint density at radius 3 is 2.33 bits per heavy atom. The molecule has 0 atom stereocenters. The van der Waals surface area contributed by atoms with E-state index in [0.717, 1.165) is 11.1 Å². The van der Waals surface area contributed by atoms with Crippen molar-refractivity contribution in [3.8, 4) is 0 Å². The second kappa shape index (κ2) is 2.18. The Morgan fingerprint density at radius 2 is 1.89 bits per heavy atom. The van der Waals surface area contributed by atoms with Gasteiger partial charge in [0.05, 0.1) is 0 Å². The van der Waals surface area contributed by atoms with Gasteiger partial charge in [-0.1, -0.05) is 12.1 Å². The number of aryl methyl sites for hydroxylation is 1. The van der Waals surface area contributed by atoms with Crippen molar-refractivity contribution in [1.82, 2.24) is 0 Å². The average molecular weight is 124 g/mol. The summed E-state index contributed by atoms with van der Waals surface area (Å²) in [7, 11) is 0. The van der Waals surface area contributed by atoms with Crippen LogP contribution in [0.3, 0.4) is 0 Å². The fourth-order valence-corrected chi connectivity index (χ4v) is 0.715. The van der Waals surface area contributed by atoms with E-state index in [1.165, 1.54) is 6.07 Å². The highest BCUT2D eigenvalue weighted by Gasteiger charge is 1.95. The maximum Gasteiger partial charge on any atom is 0.126 e. The summed E-state index contributed by atoms with van der Waals surface area (Å²) in [5, 5.41) is 0. The molecule has 1 aromatic carbocycles. The van der Waals surface area contributed by atoms with Gasteiger partial charge in [0, 0.05) is 0 Å². The normalized spacial score (nSPS) is 9.67. The third-order valence-electron chi connectivity index (χ3n) is 1.54. The summed E-state index contributed by atoms with van der Waals surface area (Å²) in [4.78, 5) is 0. The van der Waals surface area contributed by atoms with E-state index in [1.807, 2.05) is 13.0 Å². The van der Waals surface area contributed by atoms with Gasteiger partial charge in [0.2, 0.25) is 0 Å². The molecule has 0 spiro atoms. The van der Waals surface area contributed by atoms with E-state index < -0.39 is 0 Å². The molecule has 1 heteroatoms. The Kier molecular flexibility index (Phi) is 1.52. The van der Waals surface area contributed by atoms with Gasteiger partial charge in [0.1, 0.15) is 5.82 Å². The van der Waals surface area contributed by atoms with Crippen LogP contribution in [0.4, 0.5) is 4.39 Å². The van der Waals surface area contributed by atoms with Gasteiger partial charge in [0.25, 0.3) is 0 Å². The highest BCUT2D eigenvalue weighted by molar-refractivity contribution is 5.25. The molecule has 0 saturated heterocycles. The van der Waals surface area contributed by atoms with E-state index in [-0.39, 0.29) is 5.82 Å². The van der Waals surface area contributed by atoms with Crippen LogP contribution in [-0.4, -0.2) is 0 Å². The van der Waals surface area contributed by atoms with Crippen LogP contribution in [0.25, 0.3) is 0 Å². The number of benzene rings is 1. The van der Waals surface area contributed by atoms with Gasteiger partial charge < -0.3 is 0 Å². The third-order valence-corrected chi connectivity index (χ3v) is 1.54. The molecule has 0 N–H and O–H groups in total. The SMILES string of the molecule is Cc1cccc(F)c1C. The molecule has 0 fully saturated rings. The minimum absolute atomic E-state index is 0.116. The summed E-state index contributed by atoms with van der Waals surface area (Å²) in [5.74, 6) is -0.116. The Bertz CT molecular complexity index is 196. The molecular weight excluding hydrogens is 115 g/mol. The highest BCUT2D eigenvalue weighted by atomic mass is 19.1. The molecule has 0 unspecified atom stereocenters. The molecule has 0 nitrogen and oxygen atoms in total. The first-order valence-electron chi connectivity index (χ1n) is 2.93. The zero-order valence-corrected chi connectivity index (χ0v) is 5.61. The Labute approximate surface area is 54.3 Å². The second-order valence-electron chi connectivity index (χ2n) is 2.18. The predicted octanol–water partition coefficient (Wildman–Crippen LogP) is 2.44. The number of hydrogen-bond acceptors (Lipinski definition) is 0. The quantitative estimate of drug-likeness (QED) is 0.498. The first kappa shape index (κ1) is 6.27. The van der Waals surface area contributed by atoms with Gasteiger partial charge in [-0.05, 0) is 31.0 Å². The molecule has 1 rings (SSSR count). The lowest BCUT2D eigenvalue weighted by molar-refractivity contribution is 0.617. The fraction of sp³-hybridized carbons (Fsp3) is 0.250. The molecule has 0 heterocycles. The van der Waals surface area contributed by atoms with Crippen LogP contribution >= 0.6 is 0 Å². The first-order chi connectivity index (χ1) is 4.22. The van der Waals surface area contributed by atoms with E-state index in [0.29, 0.717) is 0 Å². The fourth-order valence-electron chi connectivity index (χ4n) is 0.715. The molecule has 9 heavy (non-hydrogen) atoms. The van der Waals surface area contributed by atoms with Crippen molar-refractivity contribution >= 4 is 0 Å². The summed E-state index contributed by atoms with van der Waals surface area (Å²) in [6, 6.07) is 5.10. The molecular formula is C8H9F. The minimum Gasteiger partial charge on any atom is -0.207 e. The van der Waals surface area contributed by atoms with Crippen LogP contribution in [-0.2, 0) is 0 Å². The Morgan fingerprint density at radius 1 is 1.22 bits per heavy atom. The molecule has 0 bridgehead atoms. The van der Waals surface area contributed by atoms with Crippen molar-refractivity contribution in [2.75, 3.05) is 0 Å². The molecule has 0 aromatic heterocycles. The van der Waals surface area contributed by atoms with E-state index in [1.54, 1.807) is 13.0 Å². The monoisotopic (exact) mass is 124 g/mol. The summed E-state index contributed by atoms with van der Waals surface area (Å²) < 4.78 is 12.6. The topological polar surface area (TPSA) is 0 Å². The molecule has 0 saturated carbocycles. The van der Waals surface area contributed by atoms with Gasteiger partial charge in [-0.2, -0.15) is 0 Å². The third kappa shape index (κ3) is 1.10. The van der Waals surface area contributed by atoms with Crippen LogP contribution in [0.15, 0.2) is 18.2 Å². The molecule has 0 amide bonds. The summed E-state index contributed by atoms with van der Waals surface area (Å²) in [6.45, 7) is 3.68. The van der Waals surface area contributed by atoms with Crippen molar-refractivity contribution in [2.24, 2.45) is 0 Å². The molecule has 0 aliphatic rings. The van der Waals surface area contributed by atoms with Crippen molar-refractivity contribution < 1.29 is 4.39 Å². The molecule has 0 radical (unpaired) electrons. The smallest absolute Gasteiger partial charge is 0.126 e. The van der Waals surface area contributed by atoms with Gasteiger partial charge in [-0.25, -0.2) is 4.39 Å². The molecule has 1 aromatic rings. The van der Waals surface area contributed by atoms with E-state index in [4.69, 9.17) is 0 Å². The van der Waals surface area contributed by atoms with Gasteiger partial charge in [-0.15, -0.1) is 0 Å². The van der Waals surface area contributed by atoms with Gasteiger partial charge in [0.15, 0.2) is 0 Å². The number of halogens is 1. The molecule has 0 aliphatic heterocycles. The largest absolute Gasteiger partial charge is 0.207 e. The summed E-state index contributed by atoms with van der Waals surface area (Å²) in [5.41, 5.74) is 1.76. The lowest BCUT2D eigenvalue weighted by Crippen LogP contribution is -1.83. The summed E-state index contributed by atoms with van der Waals surface area (Å²) >= 11 is 0. The highest BCUT2D eigenvalue weighted by Crippen LogP contribution is 2.09. The van der Waals surface area contributed by atoms with Crippen LogP contribution < -0.4 is 0 Å². The van der Waals surface area contributed by atoms with Crippen LogP contribution in [0, 0.1) is 19.7 Å². The Hall–Kier alpha value is -0.850. The molecule has 0 aliphatic carbocycles. The molecule has 48 valence electrons. The van der Waals surface area contributed by atoms with Crippen molar-refractivity contribution in [1.29, 1.82) is 0 Å².